The molecule has 29 heavy (non-hydrogen) atoms. The smallest absolute Gasteiger partial charge is 0.321 e. The molecular formula is C19H21FN2O6S. The number of rotatable bonds is 6. The van der Waals surface area contributed by atoms with Gasteiger partial charge in [-0.1, -0.05) is 0 Å². The number of methoxy groups -OCH3 is 3. The topological polar surface area (TPSA) is 94.2 Å². The van der Waals surface area contributed by atoms with E-state index in [9.17, 15) is 17.6 Å². The largest absolute Gasteiger partial charge is 0.493 e. The van der Waals surface area contributed by atoms with E-state index >= 15 is 0 Å². The van der Waals surface area contributed by atoms with Gasteiger partial charge in [0.15, 0.2) is 21.3 Å². The van der Waals surface area contributed by atoms with Crippen LogP contribution in [0.2, 0.25) is 0 Å². The number of hydrogen-bond donors (Lipinski definition) is 1. The fraction of sp³-hybridized carbons (Fsp3) is 0.316. The molecule has 1 heterocycles. The van der Waals surface area contributed by atoms with Gasteiger partial charge in [0.1, 0.15) is 11.1 Å². The minimum absolute atomic E-state index is 0.0357. The van der Waals surface area contributed by atoms with Crippen molar-refractivity contribution < 1.29 is 31.8 Å². The summed E-state index contributed by atoms with van der Waals surface area (Å²) in [5.74, 6) is 0.636. The zero-order valence-corrected chi connectivity index (χ0v) is 17.0. The van der Waals surface area contributed by atoms with E-state index in [1.807, 2.05) is 0 Å². The number of hydrogen-bond acceptors (Lipinski definition) is 6. The number of halogens is 1. The quantitative estimate of drug-likeness (QED) is 0.717. The Morgan fingerprint density at radius 3 is 2.07 bits per heavy atom. The second-order valence-electron chi connectivity index (χ2n) is 6.37. The normalized spacial score (nSPS) is 14.1. The van der Waals surface area contributed by atoms with E-state index < -0.39 is 26.9 Å². The molecule has 0 aliphatic carbocycles. The van der Waals surface area contributed by atoms with Crippen molar-refractivity contribution in [1.82, 2.24) is 4.90 Å². The van der Waals surface area contributed by atoms with Crippen molar-refractivity contribution in [3.05, 3.63) is 42.2 Å². The SMILES string of the molecule is COc1cc(NC(=O)N2CC(S(=O)(=O)c3ccc(F)cc3)C2)cc(OC)c1OC. The highest BCUT2D eigenvalue weighted by molar-refractivity contribution is 7.92. The molecule has 8 nitrogen and oxygen atoms in total. The predicted molar refractivity (Wildman–Crippen MR) is 104 cm³/mol. The van der Waals surface area contributed by atoms with Crippen LogP contribution >= 0.6 is 0 Å². The number of nitrogens with zero attached hydrogens (tertiary/aromatic N) is 1. The number of amides is 2. The van der Waals surface area contributed by atoms with Crippen molar-refractivity contribution >= 4 is 21.6 Å². The molecule has 1 saturated heterocycles. The molecule has 0 radical (unpaired) electrons. The summed E-state index contributed by atoms with van der Waals surface area (Å²) in [5, 5.41) is 1.95. The molecule has 2 aromatic rings. The predicted octanol–water partition coefficient (Wildman–Crippen LogP) is 2.54. The van der Waals surface area contributed by atoms with Crippen LogP contribution in [0.1, 0.15) is 0 Å². The molecule has 0 spiro atoms. The average Bonchev–Trinajstić information content (AvgIpc) is 2.66. The van der Waals surface area contributed by atoms with Gasteiger partial charge in [-0.25, -0.2) is 17.6 Å². The average molecular weight is 424 g/mol. The highest BCUT2D eigenvalue weighted by Crippen LogP contribution is 2.40. The molecule has 2 aromatic carbocycles. The van der Waals surface area contributed by atoms with E-state index in [0.29, 0.717) is 22.9 Å². The summed E-state index contributed by atoms with van der Waals surface area (Å²) in [6.45, 7) is 0.0753. The van der Waals surface area contributed by atoms with Crippen molar-refractivity contribution in [2.75, 3.05) is 39.7 Å². The molecule has 0 saturated carbocycles. The lowest BCUT2D eigenvalue weighted by molar-refractivity contribution is 0.182. The van der Waals surface area contributed by atoms with Crippen LogP contribution in [0.25, 0.3) is 0 Å². The maximum atomic E-state index is 13.0. The highest BCUT2D eigenvalue weighted by Gasteiger charge is 2.40. The molecule has 1 aliphatic rings. The van der Waals surface area contributed by atoms with Crippen molar-refractivity contribution in [3.63, 3.8) is 0 Å². The van der Waals surface area contributed by atoms with Crippen LogP contribution in [0.4, 0.5) is 14.9 Å². The van der Waals surface area contributed by atoms with E-state index in [4.69, 9.17) is 14.2 Å². The van der Waals surface area contributed by atoms with Gasteiger partial charge >= 0.3 is 6.03 Å². The number of sulfone groups is 1. The molecule has 0 unspecified atom stereocenters. The van der Waals surface area contributed by atoms with Gasteiger partial charge in [0, 0.05) is 25.2 Å². The summed E-state index contributed by atoms with van der Waals surface area (Å²) in [6.07, 6.45) is 0. The van der Waals surface area contributed by atoms with Crippen molar-refractivity contribution in [3.8, 4) is 17.2 Å². The summed E-state index contributed by atoms with van der Waals surface area (Å²) < 4.78 is 53.9. The Balaban J connectivity index is 1.67. The third kappa shape index (κ3) is 4.07. The molecule has 1 aliphatic heterocycles. The summed E-state index contributed by atoms with van der Waals surface area (Å²) in [7, 11) is 0.762. The number of carbonyl (C=O) groups excluding carboxylic acids is 1. The third-order valence-electron chi connectivity index (χ3n) is 4.63. The van der Waals surface area contributed by atoms with Crippen LogP contribution in [0.15, 0.2) is 41.3 Å². The second kappa shape index (κ2) is 8.16. The van der Waals surface area contributed by atoms with Crippen LogP contribution in [0, 0.1) is 5.82 Å². The van der Waals surface area contributed by atoms with E-state index in [-0.39, 0.29) is 18.0 Å². The van der Waals surface area contributed by atoms with Gasteiger partial charge in [0.25, 0.3) is 0 Å². The van der Waals surface area contributed by atoms with Crippen molar-refractivity contribution in [1.29, 1.82) is 0 Å². The Hall–Kier alpha value is -3.01. The molecular weight excluding hydrogens is 403 g/mol. The first kappa shape index (κ1) is 20.7. The molecule has 1 fully saturated rings. The molecule has 0 aromatic heterocycles. The number of nitrogens with one attached hydrogen (secondary N) is 1. The highest BCUT2D eigenvalue weighted by atomic mass is 32.2. The Labute approximate surface area is 168 Å². The molecule has 3 rings (SSSR count). The van der Waals surface area contributed by atoms with Crippen molar-refractivity contribution in [2.45, 2.75) is 10.1 Å². The fourth-order valence-electron chi connectivity index (χ4n) is 2.97. The fourth-order valence-corrected chi connectivity index (χ4v) is 4.63. The van der Waals surface area contributed by atoms with Crippen LogP contribution in [-0.4, -0.2) is 59.0 Å². The number of likely N-dealkylation sites (tertiary alicyclic amines) is 1. The number of carbonyl (C=O) groups is 1. The Morgan fingerprint density at radius 2 is 1.59 bits per heavy atom. The third-order valence-corrected chi connectivity index (χ3v) is 6.74. The number of benzene rings is 2. The standard InChI is InChI=1S/C19H21FN2O6S/c1-26-16-8-13(9-17(27-2)18(16)28-3)21-19(23)22-10-15(11-22)29(24,25)14-6-4-12(20)5-7-14/h4-9,15H,10-11H2,1-3H3,(H,21,23). The molecule has 156 valence electrons. The number of ether oxygens (including phenoxy) is 3. The lowest BCUT2D eigenvalue weighted by Crippen LogP contribution is -2.58. The maximum absolute atomic E-state index is 13.0. The number of urea groups is 1. The first-order valence-electron chi connectivity index (χ1n) is 8.65. The lowest BCUT2D eigenvalue weighted by atomic mass is 10.2. The van der Waals surface area contributed by atoms with E-state index in [1.165, 1.54) is 38.4 Å². The van der Waals surface area contributed by atoms with Gasteiger partial charge in [0.2, 0.25) is 5.75 Å². The zero-order valence-electron chi connectivity index (χ0n) is 16.1. The monoisotopic (exact) mass is 424 g/mol. The Kier molecular flexibility index (Phi) is 5.83. The minimum atomic E-state index is -3.63. The van der Waals surface area contributed by atoms with E-state index in [1.54, 1.807) is 12.1 Å². The summed E-state index contributed by atoms with van der Waals surface area (Å²) in [6, 6.07) is 7.34. The van der Waals surface area contributed by atoms with Crippen LogP contribution < -0.4 is 19.5 Å². The van der Waals surface area contributed by atoms with Gasteiger partial charge in [-0.3, -0.25) is 0 Å². The molecule has 0 atom stereocenters. The van der Waals surface area contributed by atoms with E-state index in [0.717, 1.165) is 12.1 Å². The van der Waals surface area contributed by atoms with E-state index in [2.05, 4.69) is 5.32 Å². The first-order chi connectivity index (χ1) is 13.8. The Morgan fingerprint density at radius 1 is 1.03 bits per heavy atom. The van der Waals surface area contributed by atoms with Gasteiger partial charge in [-0.2, -0.15) is 0 Å². The van der Waals surface area contributed by atoms with Crippen LogP contribution in [-0.2, 0) is 9.84 Å². The summed E-state index contributed by atoms with van der Waals surface area (Å²) in [4.78, 5) is 13.9. The summed E-state index contributed by atoms with van der Waals surface area (Å²) >= 11 is 0. The molecule has 2 amide bonds. The van der Waals surface area contributed by atoms with Crippen LogP contribution in [0.5, 0.6) is 17.2 Å². The number of anilines is 1. The van der Waals surface area contributed by atoms with Gasteiger partial charge in [-0.05, 0) is 24.3 Å². The zero-order chi connectivity index (χ0) is 21.2. The molecule has 10 heteroatoms. The first-order valence-corrected chi connectivity index (χ1v) is 10.2. The Bertz CT molecular complexity index is 979. The maximum Gasteiger partial charge on any atom is 0.321 e. The van der Waals surface area contributed by atoms with Gasteiger partial charge in [0.05, 0.1) is 31.9 Å². The lowest BCUT2D eigenvalue weighted by Gasteiger charge is -2.38. The molecule has 1 N–H and O–H groups in total. The van der Waals surface area contributed by atoms with Crippen molar-refractivity contribution in [2.24, 2.45) is 0 Å². The van der Waals surface area contributed by atoms with Crippen LogP contribution in [0.3, 0.4) is 0 Å². The molecule has 0 bridgehead atoms. The summed E-state index contributed by atoms with van der Waals surface area (Å²) in [5.41, 5.74) is 0.411. The van der Waals surface area contributed by atoms with Gasteiger partial charge in [-0.15, -0.1) is 0 Å². The minimum Gasteiger partial charge on any atom is -0.493 e. The van der Waals surface area contributed by atoms with Gasteiger partial charge < -0.3 is 24.4 Å². The second-order valence-corrected chi connectivity index (χ2v) is 8.60.